The van der Waals surface area contributed by atoms with Crippen molar-refractivity contribution < 1.29 is 4.79 Å². The third-order valence-electron chi connectivity index (χ3n) is 3.04. The van der Waals surface area contributed by atoms with Gasteiger partial charge in [-0.15, -0.1) is 0 Å². The molecule has 2 atom stereocenters. The molecule has 2 unspecified atom stereocenters. The van der Waals surface area contributed by atoms with Crippen molar-refractivity contribution in [3.05, 3.63) is 23.8 Å². The molecule has 0 aromatic heterocycles. The molecule has 78 valence electrons. The van der Waals surface area contributed by atoms with Gasteiger partial charge in [-0.2, -0.15) is 0 Å². The van der Waals surface area contributed by atoms with E-state index in [0.717, 1.165) is 32.0 Å². The van der Waals surface area contributed by atoms with E-state index in [4.69, 9.17) is 0 Å². The number of rotatable bonds is 4. The summed E-state index contributed by atoms with van der Waals surface area (Å²) in [5, 5.41) is 0. The number of allylic oxidation sites excluding steroid dienone is 4. The Bertz CT molecular complexity index is 238. The van der Waals surface area contributed by atoms with E-state index < -0.39 is 0 Å². The molecule has 0 saturated carbocycles. The van der Waals surface area contributed by atoms with Gasteiger partial charge in [0.05, 0.1) is 0 Å². The van der Waals surface area contributed by atoms with Crippen LogP contribution in [0.3, 0.4) is 0 Å². The van der Waals surface area contributed by atoms with Crippen LogP contribution in [-0.2, 0) is 4.79 Å². The Hall–Kier alpha value is -0.850. The number of aldehydes is 1. The highest BCUT2D eigenvalue weighted by molar-refractivity contribution is 5.54. The fraction of sp³-hybridized carbons (Fsp3) is 0.615. The maximum atomic E-state index is 10.6. The average Bonchev–Trinajstić information content (AvgIpc) is 2.26. The van der Waals surface area contributed by atoms with Gasteiger partial charge in [0.25, 0.3) is 0 Å². The molecular weight excluding hydrogens is 172 g/mol. The van der Waals surface area contributed by atoms with E-state index >= 15 is 0 Å². The van der Waals surface area contributed by atoms with Crippen LogP contribution in [0.2, 0.25) is 0 Å². The standard InChI is InChI=1S/C13H20O/c1-3-4-5-11(2)13-8-6-12(10-14)7-9-13/h3-4,8,10-12H,5-7,9H2,1-2H3. The molecule has 1 aliphatic carbocycles. The predicted octanol–water partition coefficient (Wildman–Crippen LogP) is 3.51. The van der Waals surface area contributed by atoms with Crippen LogP contribution in [0.4, 0.5) is 0 Å². The summed E-state index contributed by atoms with van der Waals surface area (Å²) in [6, 6.07) is 0. The fourth-order valence-corrected chi connectivity index (χ4v) is 1.94. The molecule has 0 aliphatic heterocycles. The minimum Gasteiger partial charge on any atom is -0.303 e. The van der Waals surface area contributed by atoms with Crippen LogP contribution in [0.25, 0.3) is 0 Å². The second-order valence-electron chi connectivity index (χ2n) is 4.16. The maximum absolute atomic E-state index is 10.6. The molecule has 0 fully saturated rings. The molecule has 0 bridgehead atoms. The summed E-state index contributed by atoms with van der Waals surface area (Å²) in [5.74, 6) is 0.937. The quantitative estimate of drug-likeness (QED) is 0.492. The SMILES string of the molecule is CC=CCC(C)C1=CCC(C=O)CC1. The third-order valence-corrected chi connectivity index (χ3v) is 3.04. The normalized spacial score (nSPS) is 24.7. The van der Waals surface area contributed by atoms with Crippen molar-refractivity contribution in [1.29, 1.82) is 0 Å². The van der Waals surface area contributed by atoms with Crippen molar-refractivity contribution in [2.75, 3.05) is 0 Å². The minimum absolute atomic E-state index is 0.285. The van der Waals surface area contributed by atoms with Gasteiger partial charge >= 0.3 is 0 Å². The van der Waals surface area contributed by atoms with E-state index in [1.165, 1.54) is 0 Å². The van der Waals surface area contributed by atoms with Gasteiger partial charge in [0.2, 0.25) is 0 Å². The zero-order chi connectivity index (χ0) is 10.4. The molecular formula is C13H20O. The molecule has 0 saturated heterocycles. The predicted molar refractivity (Wildman–Crippen MR) is 60.1 cm³/mol. The molecule has 1 nitrogen and oxygen atoms in total. The lowest BCUT2D eigenvalue weighted by atomic mass is 9.84. The fourth-order valence-electron chi connectivity index (χ4n) is 1.94. The molecule has 1 rings (SSSR count). The van der Waals surface area contributed by atoms with E-state index in [1.54, 1.807) is 5.57 Å². The van der Waals surface area contributed by atoms with Crippen LogP contribution in [0.15, 0.2) is 23.8 Å². The van der Waals surface area contributed by atoms with Crippen LogP contribution in [0.1, 0.15) is 39.5 Å². The third kappa shape index (κ3) is 3.13. The van der Waals surface area contributed by atoms with Crippen LogP contribution in [0, 0.1) is 11.8 Å². The van der Waals surface area contributed by atoms with Gasteiger partial charge in [-0.05, 0) is 38.5 Å². The Morgan fingerprint density at radius 2 is 2.43 bits per heavy atom. The van der Waals surface area contributed by atoms with Crippen molar-refractivity contribution in [3.63, 3.8) is 0 Å². The van der Waals surface area contributed by atoms with E-state index in [1.807, 2.05) is 0 Å². The van der Waals surface area contributed by atoms with Gasteiger partial charge in [0.15, 0.2) is 0 Å². The van der Waals surface area contributed by atoms with Gasteiger partial charge in [0.1, 0.15) is 6.29 Å². The first-order valence-corrected chi connectivity index (χ1v) is 5.53. The van der Waals surface area contributed by atoms with E-state index in [0.29, 0.717) is 5.92 Å². The topological polar surface area (TPSA) is 17.1 Å². The highest BCUT2D eigenvalue weighted by atomic mass is 16.1. The lowest BCUT2D eigenvalue weighted by Crippen LogP contribution is -2.10. The van der Waals surface area contributed by atoms with Crippen molar-refractivity contribution in [3.8, 4) is 0 Å². The van der Waals surface area contributed by atoms with Gasteiger partial charge in [-0.3, -0.25) is 0 Å². The Morgan fingerprint density at radius 3 is 2.93 bits per heavy atom. The van der Waals surface area contributed by atoms with Crippen molar-refractivity contribution >= 4 is 6.29 Å². The number of hydrogen-bond donors (Lipinski definition) is 0. The molecule has 1 heteroatoms. The Balaban J connectivity index is 2.45. The lowest BCUT2D eigenvalue weighted by Gasteiger charge is -2.21. The first-order valence-electron chi connectivity index (χ1n) is 5.53. The summed E-state index contributed by atoms with van der Waals surface area (Å²) in [6.07, 6.45) is 12.0. The Labute approximate surface area is 86.9 Å². The zero-order valence-electron chi connectivity index (χ0n) is 9.20. The highest BCUT2D eigenvalue weighted by Gasteiger charge is 2.16. The molecule has 0 heterocycles. The van der Waals surface area contributed by atoms with Crippen LogP contribution in [-0.4, -0.2) is 6.29 Å². The largest absolute Gasteiger partial charge is 0.303 e. The van der Waals surface area contributed by atoms with Crippen molar-refractivity contribution in [2.24, 2.45) is 11.8 Å². The highest BCUT2D eigenvalue weighted by Crippen LogP contribution is 2.28. The molecule has 0 aromatic rings. The molecule has 14 heavy (non-hydrogen) atoms. The first kappa shape index (κ1) is 11.2. The summed E-state index contributed by atoms with van der Waals surface area (Å²) < 4.78 is 0. The summed E-state index contributed by atoms with van der Waals surface area (Å²) in [4.78, 5) is 10.6. The summed E-state index contributed by atoms with van der Waals surface area (Å²) >= 11 is 0. The molecule has 0 amide bonds. The van der Waals surface area contributed by atoms with Gasteiger partial charge in [-0.1, -0.05) is 30.7 Å². The second-order valence-corrected chi connectivity index (χ2v) is 4.16. The minimum atomic E-state index is 0.285. The second kappa shape index (κ2) is 5.79. The van der Waals surface area contributed by atoms with Gasteiger partial charge < -0.3 is 4.79 Å². The molecule has 0 spiro atoms. The van der Waals surface area contributed by atoms with E-state index in [-0.39, 0.29) is 5.92 Å². The smallest absolute Gasteiger partial charge is 0.123 e. The molecule has 0 N–H and O–H groups in total. The van der Waals surface area contributed by atoms with Crippen LogP contribution < -0.4 is 0 Å². The summed E-state index contributed by atoms with van der Waals surface area (Å²) in [7, 11) is 0. The Morgan fingerprint density at radius 1 is 1.64 bits per heavy atom. The lowest BCUT2D eigenvalue weighted by molar-refractivity contribution is -0.111. The number of carbonyl (C=O) groups excluding carboxylic acids is 1. The van der Waals surface area contributed by atoms with Crippen molar-refractivity contribution in [1.82, 2.24) is 0 Å². The summed E-state index contributed by atoms with van der Waals surface area (Å²) in [6.45, 7) is 4.33. The number of carbonyl (C=O) groups is 1. The summed E-state index contributed by atoms with van der Waals surface area (Å²) in [5.41, 5.74) is 1.54. The Kier molecular flexibility index (Phi) is 4.64. The average molecular weight is 192 g/mol. The molecule has 0 aromatic carbocycles. The maximum Gasteiger partial charge on any atom is 0.123 e. The molecule has 0 radical (unpaired) electrons. The zero-order valence-corrected chi connectivity index (χ0v) is 9.20. The van der Waals surface area contributed by atoms with E-state index in [2.05, 4.69) is 32.1 Å². The van der Waals surface area contributed by atoms with E-state index in [9.17, 15) is 4.79 Å². The molecule has 1 aliphatic rings. The number of hydrogen-bond acceptors (Lipinski definition) is 1. The van der Waals surface area contributed by atoms with Crippen LogP contribution >= 0.6 is 0 Å². The van der Waals surface area contributed by atoms with Crippen LogP contribution in [0.5, 0.6) is 0 Å². The van der Waals surface area contributed by atoms with Crippen molar-refractivity contribution in [2.45, 2.75) is 39.5 Å². The van der Waals surface area contributed by atoms with Gasteiger partial charge in [0, 0.05) is 5.92 Å². The first-order chi connectivity index (χ1) is 6.77. The monoisotopic (exact) mass is 192 g/mol. The van der Waals surface area contributed by atoms with Gasteiger partial charge in [-0.25, -0.2) is 0 Å².